The summed E-state index contributed by atoms with van der Waals surface area (Å²) in [6.45, 7) is 2.15. The molecule has 0 bridgehead atoms. The molecule has 0 aliphatic carbocycles. The molecular weight excluding hydrogens is 520 g/mol. The Labute approximate surface area is 222 Å². The minimum absolute atomic E-state index is 0.118. The van der Waals surface area contributed by atoms with Crippen LogP contribution in [0.15, 0.2) is 66.9 Å². The number of nitrogens with one attached hydrogen (secondary N) is 2. The summed E-state index contributed by atoms with van der Waals surface area (Å²) >= 11 is 6.03. The number of carbonyl (C=O) groups is 1. The molecule has 2 aliphatic heterocycles. The Bertz CT molecular complexity index is 1370. The fourth-order valence-corrected chi connectivity index (χ4v) is 5.79. The first kappa shape index (κ1) is 26.3. The Hall–Kier alpha value is -3.27. The van der Waals surface area contributed by atoms with Gasteiger partial charge in [0.15, 0.2) is 0 Å². The predicted molar refractivity (Wildman–Crippen MR) is 140 cm³/mol. The maximum atomic E-state index is 14.5. The molecule has 198 valence electrons. The number of rotatable bonds is 4. The Morgan fingerprint density at radius 2 is 1.84 bits per heavy atom. The minimum atomic E-state index is -4.41. The van der Waals surface area contributed by atoms with E-state index in [2.05, 4.69) is 15.6 Å². The van der Waals surface area contributed by atoms with E-state index in [1.54, 1.807) is 30.4 Å². The van der Waals surface area contributed by atoms with Gasteiger partial charge in [-0.1, -0.05) is 29.8 Å². The highest BCUT2D eigenvalue weighted by Crippen LogP contribution is 2.50. The van der Waals surface area contributed by atoms with Gasteiger partial charge in [-0.05, 0) is 74.0 Å². The van der Waals surface area contributed by atoms with Gasteiger partial charge in [-0.15, -0.1) is 0 Å². The van der Waals surface area contributed by atoms with Gasteiger partial charge < -0.3 is 5.32 Å². The molecule has 38 heavy (non-hydrogen) atoms. The first-order chi connectivity index (χ1) is 18.1. The number of fused-ring (bicyclic) bond motifs is 2. The van der Waals surface area contributed by atoms with Crippen molar-refractivity contribution in [2.75, 3.05) is 31.5 Å². The number of carbonyl (C=O) groups excluding carboxylic acids is 1. The maximum Gasteiger partial charge on any atom is 0.426 e. The average molecular weight is 546 g/mol. The molecule has 2 amide bonds. The molecule has 0 radical (unpaired) electrons. The average Bonchev–Trinajstić information content (AvgIpc) is 3.13. The topological polar surface area (TPSA) is 54.0 Å². The molecule has 1 unspecified atom stereocenters. The van der Waals surface area contributed by atoms with Crippen LogP contribution in [-0.2, 0) is 11.6 Å². The van der Waals surface area contributed by atoms with Gasteiger partial charge in [-0.3, -0.25) is 5.32 Å². The van der Waals surface area contributed by atoms with Crippen LogP contribution in [0.3, 0.4) is 0 Å². The predicted octanol–water partition coefficient (Wildman–Crippen LogP) is 6.78. The number of pyridine rings is 1. The number of anilines is 1. The van der Waals surface area contributed by atoms with Gasteiger partial charge in [0.2, 0.25) is 0 Å². The normalized spacial score (nSPS) is 20.6. The summed E-state index contributed by atoms with van der Waals surface area (Å²) in [5.74, 6) is -0.358. The van der Waals surface area contributed by atoms with E-state index in [4.69, 9.17) is 11.6 Å². The zero-order valence-corrected chi connectivity index (χ0v) is 21.1. The van der Waals surface area contributed by atoms with E-state index in [0.717, 1.165) is 43.6 Å². The molecule has 10 heteroatoms. The lowest BCUT2D eigenvalue weighted by Crippen LogP contribution is -2.58. The highest BCUT2D eigenvalue weighted by molar-refractivity contribution is 6.29. The second-order valence-corrected chi connectivity index (χ2v) is 10.2. The van der Waals surface area contributed by atoms with Crippen LogP contribution in [0.5, 0.6) is 0 Å². The Kier molecular flexibility index (Phi) is 7.02. The van der Waals surface area contributed by atoms with Crippen molar-refractivity contribution in [2.24, 2.45) is 0 Å². The molecule has 3 heterocycles. The van der Waals surface area contributed by atoms with Gasteiger partial charge in [-0.2, -0.15) is 13.2 Å². The maximum absolute atomic E-state index is 14.5. The third kappa shape index (κ3) is 5.06. The van der Waals surface area contributed by atoms with Crippen LogP contribution in [0.2, 0.25) is 5.15 Å². The van der Waals surface area contributed by atoms with Gasteiger partial charge in [-0.25, -0.2) is 18.7 Å². The largest absolute Gasteiger partial charge is 0.426 e. The summed E-state index contributed by atoms with van der Waals surface area (Å²) < 4.78 is 53.2. The summed E-state index contributed by atoms with van der Waals surface area (Å²) in [6.07, 6.45) is 2.07. The number of halogens is 5. The third-order valence-corrected chi connectivity index (χ3v) is 7.66. The molecule has 1 saturated heterocycles. The van der Waals surface area contributed by atoms with Crippen molar-refractivity contribution in [3.05, 3.63) is 94.5 Å². The van der Waals surface area contributed by atoms with Gasteiger partial charge in [0.05, 0.1) is 16.7 Å². The van der Waals surface area contributed by atoms with Crippen molar-refractivity contribution in [1.82, 2.24) is 14.8 Å². The summed E-state index contributed by atoms with van der Waals surface area (Å²) in [4.78, 5) is 18.0. The number of hydrogen-bond acceptors (Lipinski definition) is 3. The number of piperidine rings is 1. The van der Waals surface area contributed by atoms with Crippen LogP contribution in [-0.4, -0.2) is 37.2 Å². The Balaban J connectivity index is 1.53. The molecule has 0 saturated carbocycles. The first-order valence-corrected chi connectivity index (χ1v) is 12.6. The molecule has 1 aromatic heterocycles. The zero-order valence-electron chi connectivity index (χ0n) is 20.4. The van der Waals surface area contributed by atoms with Gasteiger partial charge in [0.25, 0.3) is 0 Å². The fraction of sp³-hybridized carbons (Fsp3) is 0.286. The molecule has 2 aromatic carbocycles. The molecule has 5 nitrogen and oxygen atoms in total. The molecule has 1 atom stereocenters. The van der Waals surface area contributed by atoms with Gasteiger partial charge in [0, 0.05) is 17.8 Å². The summed E-state index contributed by atoms with van der Waals surface area (Å²) in [5.41, 5.74) is 1.48. The lowest BCUT2D eigenvalue weighted by atomic mass is 9.75. The summed E-state index contributed by atoms with van der Waals surface area (Å²) in [5, 5.41) is 6.53. The van der Waals surface area contributed by atoms with E-state index in [1.165, 1.54) is 30.5 Å². The SMILES string of the molecule is O=C(Nc1ccnc(Cl)c1)[N+]1(C/C=C/c2ccc(C(F)(F)F)cc2)CC2(CCNCC2)c2cc(F)ccc21. The van der Waals surface area contributed by atoms with Crippen LogP contribution >= 0.6 is 11.6 Å². The lowest BCUT2D eigenvalue weighted by Gasteiger charge is -2.36. The molecule has 1 spiro atoms. The number of hydrogen-bond donors (Lipinski definition) is 2. The van der Waals surface area contributed by atoms with E-state index in [0.29, 0.717) is 23.5 Å². The summed E-state index contributed by atoms with van der Waals surface area (Å²) in [6, 6.07) is 12.3. The number of alkyl halides is 3. The number of amides is 2. The van der Waals surface area contributed by atoms with Crippen LogP contribution in [0, 0.1) is 5.82 Å². The van der Waals surface area contributed by atoms with Crippen molar-refractivity contribution in [2.45, 2.75) is 24.4 Å². The Morgan fingerprint density at radius 1 is 1.11 bits per heavy atom. The van der Waals surface area contributed by atoms with Crippen molar-refractivity contribution in [3.8, 4) is 0 Å². The second kappa shape index (κ2) is 10.1. The van der Waals surface area contributed by atoms with Crippen molar-refractivity contribution < 1.29 is 22.4 Å². The van der Waals surface area contributed by atoms with E-state index in [1.807, 2.05) is 0 Å². The van der Waals surface area contributed by atoms with Crippen molar-refractivity contribution in [1.29, 1.82) is 0 Å². The highest BCUT2D eigenvalue weighted by Gasteiger charge is 2.57. The molecule has 1 fully saturated rings. The van der Waals surface area contributed by atoms with Crippen LogP contribution in [0.1, 0.15) is 29.5 Å². The number of urea groups is 1. The molecular formula is C28H26ClF4N4O+. The van der Waals surface area contributed by atoms with Crippen LogP contribution in [0.4, 0.5) is 33.7 Å². The number of quaternary nitrogens is 1. The minimum Gasteiger partial charge on any atom is -0.317 e. The zero-order chi connectivity index (χ0) is 27.0. The fourth-order valence-electron chi connectivity index (χ4n) is 5.62. The first-order valence-electron chi connectivity index (χ1n) is 12.3. The molecule has 5 rings (SSSR count). The summed E-state index contributed by atoms with van der Waals surface area (Å²) in [7, 11) is 0. The highest BCUT2D eigenvalue weighted by atomic mass is 35.5. The van der Waals surface area contributed by atoms with Crippen molar-refractivity contribution >= 4 is 35.1 Å². The van der Waals surface area contributed by atoms with Crippen LogP contribution in [0.25, 0.3) is 6.08 Å². The van der Waals surface area contributed by atoms with Gasteiger partial charge >= 0.3 is 12.2 Å². The monoisotopic (exact) mass is 545 g/mol. The smallest absolute Gasteiger partial charge is 0.317 e. The Morgan fingerprint density at radius 3 is 2.53 bits per heavy atom. The third-order valence-electron chi connectivity index (χ3n) is 7.46. The molecule has 2 aliphatic rings. The number of nitrogens with zero attached hydrogens (tertiary/aromatic N) is 2. The lowest BCUT2D eigenvalue weighted by molar-refractivity contribution is -0.137. The number of aromatic nitrogens is 1. The second-order valence-electron chi connectivity index (χ2n) is 9.82. The van der Waals surface area contributed by atoms with E-state index >= 15 is 0 Å². The molecule has 3 aromatic rings. The molecule has 2 N–H and O–H groups in total. The van der Waals surface area contributed by atoms with E-state index in [-0.39, 0.29) is 28.0 Å². The van der Waals surface area contributed by atoms with Crippen molar-refractivity contribution in [3.63, 3.8) is 0 Å². The van der Waals surface area contributed by atoms with E-state index in [9.17, 15) is 22.4 Å². The quantitative estimate of drug-likeness (QED) is 0.216. The van der Waals surface area contributed by atoms with E-state index < -0.39 is 17.2 Å². The standard InChI is InChI=1S/C28H25ClF4N4O/c29-25-17-22(9-12-35-25)36-26(38)37(15-1-2-19-3-5-20(6-4-19)28(31,32)33)18-27(10-13-34-14-11-27)23-16-21(30)7-8-24(23)37/h1-9,12,16-17,34H,10-11,13-15,18H2/p+1/b2-1+. The van der Waals surface area contributed by atoms with Gasteiger partial charge in [0.1, 0.15) is 29.7 Å². The van der Waals surface area contributed by atoms with Crippen LogP contribution < -0.4 is 15.1 Å². The number of benzene rings is 2.